The fourth-order valence-electron chi connectivity index (χ4n) is 2.51. The Labute approximate surface area is 179 Å². The van der Waals surface area contributed by atoms with Crippen LogP contribution in [0.4, 0.5) is 5.69 Å². The zero-order valence-corrected chi connectivity index (χ0v) is 17.2. The number of anilines is 1. The topological polar surface area (TPSA) is 47.6 Å². The van der Waals surface area contributed by atoms with Crippen LogP contribution in [0, 0.1) is 0 Å². The molecule has 0 aromatic heterocycles. The molecule has 3 aromatic carbocycles. The highest BCUT2D eigenvalue weighted by atomic mass is 35.5. The third kappa shape index (κ3) is 6.28. The van der Waals surface area contributed by atoms with Crippen molar-refractivity contribution < 1.29 is 14.3 Å². The molecule has 29 heavy (non-hydrogen) atoms. The molecule has 3 rings (SSSR count). The van der Waals surface area contributed by atoms with E-state index in [1.54, 1.807) is 49.6 Å². The molecule has 0 radical (unpaired) electrons. The van der Waals surface area contributed by atoms with E-state index in [9.17, 15) is 4.79 Å². The van der Waals surface area contributed by atoms with Gasteiger partial charge >= 0.3 is 0 Å². The maximum atomic E-state index is 12.0. The third-order valence-corrected chi connectivity index (χ3v) is 4.66. The Bertz CT molecular complexity index is 1000. The second-order valence-electron chi connectivity index (χ2n) is 6.14. The van der Waals surface area contributed by atoms with Gasteiger partial charge in [-0.2, -0.15) is 0 Å². The molecule has 0 heterocycles. The SMILES string of the molecule is COc1ccc(NC(=O)C=Cc2ccc(OCc3ccc(Cl)cc3Cl)cc2)cc1. The first-order valence-electron chi connectivity index (χ1n) is 8.83. The van der Waals surface area contributed by atoms with Crippen LogP contribution in [0.15, 0.2) is 72.8 Å². The molecule has 1 N–H and O–H groups in total. The summed E-state index contributed by atoms with van der Waals surface area (Å²) in [6, 6.07) is 19.9. The van der Waals surface area contributed by atoms with Crippen molar-refractivity contribution in [3.8, 4) is 11.5 Å². The minimum absolute atomic E-state index is 0.215. The first-order valence-corrected chi connectivity index (χ1v) is 9.59. The molecule has 0 aliphatic rings. The molecule has 0 saturated carbocycles. The Morgan fingerprint density at radius 1 is 0.966 bits per heavy atom. The number of carbonyl (C=O) groups excluding carboxylic acids is 1. The van der Waals surface area contributed by atoms with E-state index in [2.05, 4.69) is 5.32 Å². The van der Waals surface area contributed by atoms with Crippen LogP contribution in [0.1, 0.15) is 11.1 Å². The quantitative estimate of drug-likeness (QED) is 0.454. The summed E-state index contributed by atoms with van der Waals surface area (Å²) in [6.07, 6.45) is 3.21. The van der Waals surface area contributed by atoms with E-state index in [0.29, 0.717) is 28.1 Å². The Balaban J connectivity index is 1.53. The number of benzene rings is 3. The van der Waals surface area contributed by atoms with Crippen molar-refractivity contribution in [3.63, 3.8) is 0 Å². The molecule has 0 fully saturated rings. The van der Waals surface area contributed by atoms with Crippen molar-refractivity contribution in [3.05, 3.63) is 94.0 Å². The molecule has 0 spiro atoms. The number of hydrogen-bond donors (Lipinski definition) is 1. The molecule has 1 amide bonds. The Morgan fingerprint density at radius 2 is 1.66 bits per heavy atom. The summed E-state index contributed by atoms with van der Waals surface area (Å²) in [5.41, 5.74) is 2.44. The summed E-state index contributed by atoms with van der Waals surface area (Å²) in [4.78, 5) is 12.0. The predicted molar refractivity (Wildman–Crippen MR) is 118 cm³/mol. The Hall–Kier alpha value is -2.95. The van der Waals surface area contributed by atoms with Crippen LogP contribution in [0.3, 0.4) is 0 Å². The van der Waals surface area contributed by atoms with Crippen LogP contribution in [0.2, 0.25) is 10.0 Å². The highest BCUT2D eigenvalue weighted by Gasteiger charge is 2.03. The summed E-state index contributed by atoms with van der Waals surface area (Å²) in [6.45, 7) is 0.343. The maximum absolute atomic E-state index is 12.0. The number of hydrogen-bond acceptors (Lipinski definition) is 3. The first kappa shape index (κ1) is 20.8. The van der Waals surface area contributed by atoms with Gasteiger partial charge in [0.25, 0.3) is 0 Å². The van der Waals surface area contributed by atoms with Crippen molar-refractivity contribution in [2.75, 3.05) is 12.4 Å². The summed E-state index contributed by atoms with van der Waals surface area (Å²) in [5.74, 6) is 1.22. The fraction of sp³-hybridized carbons (Fsp3) is 0.0870. The lowest BCUT2D eigenvalue weighted by Crippen LogP contribution is -2.07. The molecule has 4 nitrogen and oxygen atoms in total. The van der Waals surface area contributed by atoms with E-state index < -0.39 is 0 Å². The molecule has 0 aliphatic heterocycles. The fourth-order valence-corrected chi connectivity index (χ4v) is 2.97. The highest BCUT2D eigenvalue weighted by Crippen LogP contribution is 2.23. The van der Waals surface area contributed by atoms with E-state index in [-0.39, 0.29) is 5.91 Å². The van der Waals surface area contributed by atoms with E-state index in [4.69, 9.17) is 32.7 Å². The average molecular weight is 428 g/mol. The van der Waals surface area contributed by atoms with E-state index in [0.717, 1.165) is 16.9 Å². The summed E-state index contributed by atoms with van der Waals surface area (Å²) in [5, 5.41) is 3.95. The van der Waals surface area contributed by atoms with Gasteiger partial charge in [0.2, 0.25) is 5.91 Å². The van der Waals surface area contributed by atoms with Gasteiger partial charge in [-0.15, -0.1) is 0 Å². The minimum Gasteiger partial charge on any atom is -0.497 e. The second-order valence-corrected chi connectivity index (χ2v) is 6.99. The molecule has 0 atom stereocenters. The van der Waals surface area contributed by atoms with Crippen LogP contribution in [0.25, 0.3) is 6.08 Å². The van der Waals surface area contributed by atoms with Gasteiger partial charge < -0.3 is 14.8 Å². The molecule has 148 valence electrons. The molecular formula is C23H19Cl2NO3. The van der Waals surface area contributed by atoms with Crippen LogP contribution in [0.5, 0.6) is 11.5 Å². The van der Waals surface area contributed by atoms with E-state index in [1.165, 1.54) is 6.08 Å². The number of amides is 1. The van der Waals surface area contributed by atoms with Gasteiger partial charge in [0, 0.05) is 27.4 Å². The van der Waals surface area contributed by atoms with Crippen molar-refractivity contribution >= 4 is 40.9 Å². The van der Waals surface area contributed by atoms with Gasteiger partial charge in [-0.3, -0.25) is 4.79 Å². The third-order valence-electron chi connectivity index (χ3n) is 4.07. The zero-order valence-electron chi connectivity index (χ0n) is 15.7. The molecular weight excluding hydrogens is 409 g/mol. The number of halogens is 2. The molecule has 0 bridgehead atoms. The van der Waals surface area contributed by atoms with Gasteiger partial charge in [0.05, 0.1) is 7.11 Å². The first-order chi connectivity index (χ1) is 14.0. The summed E-state index contributed by atoms with van der Waals surface area (Å²) in [7, 11) is 1.60. The van der Waals surface area contributed by atoms with Crippen molar-refractivity contribution in [1.29, 1.82) is 0 Å². The molecule has 6 heteroatoms. The zero-order chi connectivity index (χ0) is 20.6. The number of methoxy groups -OCH3 is 1. The van der Waals surface area contributed by atoms with Gasteiger partial charge in [-0.05, 0) is 60.2 Å². The number of rotatable bonds is 7. The number of nitrogens with one attached hydrogen (secondary N) is 1. The van der Waals surface area contributed by atoms with Crippen LogP contribution in [-0.2, 0) is 11.4 Å². The minimum atomic E-state index is -0.215. The molecule has 0 saturated heterocycles. The Kier molecular flexibility index (Phi) is 7.17. The van der Waals surface area contributed by atoms with Gasteiger partial charge in [0.15, 0.2) is 0 Å². The molecule has 0 aliphatic carbocycles. The largest absolute Gasteiger partial charge is 0.497 e. The number of ether oxygens (including phenoxy) is 2. The van der Waals surface area contributed by atoms with Gasteiger partial charge in [-0.1, -0.05) is 41.4 Å². The summed E-state index contributed by atoms with van der Waals surface area (Å²) >= 11 is 12.0. The lowest BCUT2D eigenvalue weighted by molar-refractivity contribution is -0.111. The summed E-state index contributed by atoms with van der Waals surface area (Å²) < 4.78 is 10.8. The normalized spacial score (nSPS) is 10.7. The van der Waals surface area contributed by atoms with E-state index in [1.807, 2.05) is 30.3 Å². The van der Waals surface area contributed by atoms with Crippen molar-refractivity contribution in [2.24, 2.45) is 0 Å². The van der Waals surface area contributed by atoms with E-state index >= 15 is 0 Å². The lowest BCUT2D eigenvalue weighted by Gasteiger charge is -2.08. The molecule has 3 aromatic rings. The molecule has 0 unspecified atom stereocenters. The smallest absolute Gasteiger partial charge is 0.248 e. The predicted octanol–water partition coefficient (Wildman–Crippen LogP) is 6.23. The standard InChI is InChI=1S/C23H19Cl2NO3/c1-28-20-11-7-19(8-12-20)26-23(27)13-4-16-2-9-21(10-3-16)29-15-17-5-6-18(24)14-22(17)25/h2-14H,15H2,1H3,(H,26,27). The number of carbonyl (C=O) groups is 1. The lowest BCUT2D eigenvalue weighted by atomic mass is 10.2. The average Bonchev–Trinajstić information content (AvgIpc) is 2.73. The van der Waals surface area contributed by atoms with Crippen LogP contribution < -0.4 is 14.8 Å². The maximum Gasteiger partial charge on any atom is 0.248 e. The highest BCUT2D eigenvalue weighted by molar-refractivity contribution is 6.35. The monoisotopic (exact) mass is 427 g/mol. The van der Waals surface area contributed by atoms with Crippen LogP contribution in [-0.4, -0.2) is 13.0 Å². The second kappa shape index (κ2) is 10.0. The van der Waals surface area contributed by atoms with Crippen molar-refractivity contribution in [2.45, 2.75) is 6.61 Å². The van der Waals surface area contributed by atoms with Crippen LogP contribution >= 0.6 is 23.2 Å². The van der Waals surface area contributed by atoms with Gasteiger partial charge in [0.1, 0.15) is 18.1 Å². The van der Waals surface area contributed by atoms with Gasteiger partial charge in [-0.25, -0.2) is 0 Å². The van der Waals surface area contributed by atoms with Crippen molar-refractivity contribution in [1.82, 2.24) is 0 Å². The Morgan fingerprint density at radius 3 is 2.31 bits per heavy atom.